The highest BCUT2D eigenvalue weighted by Crippen LogP contribution is 2.46. The second kappa shape index (κ2) is 5.72. The molecule has 1 aliphatic heterocycles. The number of sulfonamides is 1. The minimum absolute atomic E-state index is 0.0484. The second-order valence-corrected chi connectivity index (χ2v) is 7.79. The zero-order valence-corrected chi connectivity index (χ0v) is 13.4. The number of hydrogen-bond donors (Lipinski definition) is 1. The van der Waals surface area contributed by atoms with Crippen molar-refractivity contribution in [3.05, 3.63) is 29.3 Å². The van der Waals surface area contributed by atoms with Gasteiger partial charge in [-0.05, 0) is 37.5 Å². The third-order valence-electron chi connectivity index (χ3n) is 4.55. The fraction of sp³-hybridized carbons (Fsp3) is 0.533. The first-order valence-electron chi connectivity index (χ1n) is 7.41. The van der Waals surface area contributed by atoms with Gasteiger partial charge in [0.2, 0.25) is 10.0 Å². The number of nitriles is 1. The number of alkyl halides is 3. The third kappa shape index (κ3) is 3.14. The van der Waals surface area contributed by atoms with Crippen LogP contribution in [0.3, 0.4) is 0 Å². The largest absolute Gasteiger partial charge is 0.416 e. The average Bonchev–Trinajstić information content (AvgIpc) is 3.06. The molecule has 24 heavy (non-hydrogen) atoms. The van der Waals surface area contributed by atoms with Crippen LogP contribution < -0.4 is 4.72 Å². The molecule has 0 spiro atoms. The summed E-state index contributed by atoms with van der Waals surface area (Å²) in [5.41, 5.74) is -2.18. The Morgan fingerprint density at radius 1 is 1.33 bits per heavy atom. The molecule has 9 heteroatoms. The lowest BCUT2D eigenvalue weighted by molar-refractivity contribution is -0.137. The molecule has 1 aliphatic carbocycles. The van der Waals surface area contributed by atoms with E-state index in [-0.39, 0.29) is 5.92 Å². The summed E-state index contributed by atoms with van der Waals surface area (Å²) in [6.45, 7) is 1.03. The maximum absolute atomic E-state index is 12.7. The first kappa shape index (κ1) is 17.2. The Balaban J connectivity index is 1.91. The number of rotatable bonds is 4. The van der Waals surface area contributed by atoms with E-state index in [1.807, 2.05) is 0 Å². The molecule has 0 radical (unpaired) electrons. The number of nitrogens with one attached hydrogen (secondary N) is 1. The number of benzene rings is 1. The number of nitrogens with zero attached hydrogens (tertiary/aromatic N) is 1. The average molecular weight is 360 g/mol. The van der Waals surface area contributed by atoms with Crippen molar-refractivity contribution in [1.29, 1.82) is 5.26 Å². The van der Waals surface area contributed by atoms with E-state index in [0.717, 1.165) is 12.5 Å². The van der Waals surface area contributed by atoms with Gasteiger partial charge in [0.1, 0.15) is 6.07 Å². The topological polar surface area (TPSA) is 79.2 Å². The van der Waals surface area contributed by atoms with E-state index in [9.17, 15) is 21.6 Å². The first-order valence-corrected chi connectivity index (χ1v) is 8.89. The molecule has 2 aliphatic rings. The Hall–Kier alpha value is -1.63. The molecule has 0 amide bonds. The predicted molar refractivity (Wildman–Crippen MR) is 77.4 cm³/mol. The summed E-state index contributed by atoms with van der Waals surface area (Å²) in [6.07, 6.45) is -2.59. The molecule has 1 heterocycles. The zero-order chi connectivity index (χ0) is 17.6. The third-order valence-corrected chi connectivity index (χ3v) is 6.16. The monoisotopic (exact) mass is 360 g/mol. The summed E-state index contributed by atoms with van der Waals surface area (Å²) in [5, 5.41) is 9.07. The Morgan fingerprint density at radius 2 is 2.04 bits per heavy atom. The van der Waals surface area contributed by atoms with Crippen LogP contribution in [0.15, 0.2) is 23.1 Å². The lowest BCUT2D eigenvalue weighted by Crippen LogP contribution is -2.43. The van der Waals surface area contributed by atoms with Gasteiger partial charge in [0, 0.05) is 18.1 Å². The summed E-state index contributed by atoms with van der Waals surface area (Å²) < 4.78 is 71.3. The van der Waals surface area contributed by atoms with Crippen molar-refractivity contribution >= 4 is 10.0 Å². The molecule has 1 unspecified atom stereocenters. The van der Waals surface area contributed by atoms with E-state index in [2.05, 4.69) is 4.72 Å². The summed E-state index contributed by atoms with van der Waals surface area (Å²) in [6, 6.07) is 3.62. The highest BCUT2D eigenvalue weighted by atomic mass is 32.2. The highest BCUT2D eigenvalue weighted by molar-refractivity contribution is 7.89. The van der Waals surface area contributed by atoms with E-state index in [1.165, 1.54) is 0 Å². The number of hydrogen-bond acceptors (Lipinski definition) is 4. The Labute approximate surface area is 137 Å². The van der Waals surface area contributed by atoms with Gasteiger partial charge in [-0.1, -0.05) is 0 Å². The van der Waals surface area contributed by atoms with Crippen LogP contribution in [0.4, 0.5) is 13.2 Å². The quantitative estimate of drug-likeness (QED) is 0.894. The van der Waals surface area contributed by atoms with E-state index >= 15 is 0 Å². The molecule has 1 saturated carbocycles. The molecule has 3 rings (SSSR count). The molecule has 5 nitrogen and oxygen atoms in total. The minimum Gasteiger partial charge on any atom is -0.381 e. The molecule has 0 bridgehead atoms. The van der Waals surface area contributed by atoms with E-state index < -0.39 is 37.8 Å². The van der Waals surface area contributed by atoms with Crippen LogP contribution in [-0.2, 0) is 20.9 Å². The second-order valence-electron chi connectivity index (χ2n) is 6.14. The van der Waals surface area contributed by atoms with Crippen LogP contribution in [0.25, 0.3) is 0 Å². The summed E-state index contributed by atoms with van der Waals surface area (Å²) in [5.74, 6) is 0.0484. The van der Waals surface area contributed by atoms with Crippen molar-refractivity contribution < 1.29 is 26.3 Å². The van der Waals surface area contributed by atoms with Crippen LogP contribution >= 0.6 is 0 Å². The fourth-order valence-corrected chi connectivity index (χ4v) is 4.71. The summed E-state index contributed by atoms with van der Waals surface area (Å²) >= 11 is 0. The normalized spacial score (nSPS) is 23.0. The van der Waals surface area contributed by atoms with Gasteiger partial charge in [-0.25, -0.2) is 13.1 Å². The molecule has 1 N–H and O–H groups in total. The Morgan fingerprint density at radius 3 is 2.54 bits per heavy atom. The SMILES string of the molecule is N#Cc1cc(C(F)(F)F)ccc1S(=O)(=O)NC1(C2CCOC2)CC1. The van der Waals surface area contributed by atoms with Gasteiger partial charge in [0.05, 0.1) is 22.6 Å². The van der Waals surface area contributed by atoms with Crippen LogP contribution in [0, 0.1) is 17.2 Å². The summed E-state index contributed by atoms with van der Waals surface area (Å²) in [4.78, 5) is -0.428. The Bertz CT molecular complexity index is 789. The van der Waals surface area contributed by atoms with Crippen molar-refractivity contribution in [2.24, 2.45) is 5.92 Å². The van der Waals surface area contributed by atoms with Crippen LogP contribution in [0.5, 0.6) is 0 Å². The van der Waals surface area contributed by atoms with Gasteiger partial charge < -0.3 is 4.74 Å². The van der Waals surface area contributed by atoms with Gasteiger partial charge in [0.25, 0.3) is 0 Å². The van der Waals surface area contributed by atoms with Crippen molar-refractivity contribution in [3.8, 4) is 6.07 Å². The molecule has 1 atom stereocenters. The molecule has 1 aromatic rings. The molecule has 0 aromatic heterocycles. The van der Waals surface area contributed by atoms with Crippen LogP contribution in [0.2, 0.25) is 0 Å². The van der Waals surface area contributed by atoms with Gasteiger partial charge in [0.15, 0.2) is 0 Å². The molecular formula is C15H15F3N2O3S. The zero-order valence-electron chi connectivity index (χ0n) is 12.6. The fourth-order valence-electron chi connectivity index (χ4n) is 3.05. The molecule has 130 valence electrons. The van der Waals surface area contributed by atoms with Crippen molar-refractivity contribution in [3.63, 3.8) is 0 Å². The van der Waals surface area contributed by atoms with Gasteiger partial charge in [-0.2, -0.15) is 18.4 Å². The van der Waals surface area contributed by atoms with E-state index in [1.54, 1.807) is 6.07 Å². The van der Waals surface area contributed by atoms with Crippen molar-refractivity contribution in [2.45, 2.75) is 35.9 Å². The number of ether oxygens (including phenoxy) is 1. The van der Waals surface area contributed by atoms with Gasteiger partial charge in [-0.15, -0.1) is 0 Å². The van der Waals surface area contributed by atoms with Gasteiger partial charge >= 0.3 is 6.18 Å². The van der Waals surface area contributed by atoms with Gasteiger partial charge in [-0.3, -0.25) is 0 Å². The molecule has 2 fully saturated rings. The highest BCUT2D eigenvalue weighted by Gasteiger charge is 2.53. The van der Waals surface area contributed by atoms with Crippen molar-refractivity contribution in [2.75, 3.05) is 13.2 Å². The smallest absolute Gasteiger partial charge is 0.381 e. The van der Waals surface area contributed by atoms with E-state index in [0.29, 0.717) is 38.2 Å². The molecule has 1 aromatic carbocycles. The van der Waals surface area contributed by atoms with Crippen molar-refractivity contribution in [1.82, 2.24) is 4.72 Å². The predicted octanol–water partition coefficient (Wildman–Crippen LogP) is 2.42. The molecule has 1 saturated heterocycles. The molecular weight excluding hydrogens is 345 g/mol. The van der Waals surface area contributed by atoms with E-state index in [4.69, 9.17) is 10.00 Å². The summed E-state index contributed by atoms with van der Waals surface area (Å²) in [7, 11) is -4.09. The minimum atomic E-state index is -4.64. The lowest BCUT2D eigenvalue weighted by Gasteiger charge is -2.23. The maximum atomic E-state index is 12.7. The standard InChI is InChI=1S/C15H15F3N2O3S/c16-15(17,18)11-1-2-13(10(7-11)8-19)24(21,22)20-14(4-5-14)12-3-6-23-9-12/h1-2,7,12,20H,3-6,9H2. The number of halogens is 3. The maximum Gasteiger partial charge on any atom is 0.416 e. The van der Waals surface area contributed by atoms with Crippen LogP contribution in [0.1, 0.15) is 30.4 Å². The lowest BCUT2D eigenvalue weighted by atomic mass is 9.98. The Kier molecular flexibility index (Phi) is 4.10. The first-order chi connectivity index (χ1) is 11.2. The van der Waals surface area contributed by atoms with Crippen LogP contribution in [-0.4, -0.2) is 27.2 Å².